The van der Waals surface area contributed by atoms with Crippen molar-refractivity contribution in [1.82, 2.24) is 4.73 Å². The van der Waals surface area contributed by atoms with Gasteiger partial charge in [0.25, 0.3) is 0 Å². The van der Waals surface area contributed by atoms with E-state index in [9.17, 15) is 4.79 Å². The summed E-state index contributed by atoms with van der Waals surface area (Å²) in [5.41, 5.74) is 0.806. The number of rotatable bonds is 1. The van der Waals surface area contributed by atoms with Crippen molar-refractivity contribution in [3.05, 3.63) is 34.2 Å². The van der Waals surface area contributed by atoms with Crippen LogP contribution in [-0.4, -0.2) is 11.8 Å². The van der Waals surface area contributed by atoms with E-state index in [4.69, 9.17) is 4.84 Å². The van der Waals surface area contributed by atoms with Crippen molar-refractivity contribution in [2.24, 2.45) is 0 Å². The highest BCUT2D eigenvalue weighted by Gasteiger charge is 1.91. The molecule has 0 unspecified atom stereocenters. The fraction of sp³-hybridized carbons (Fsp3) is 0.286. The molecular weight excluding hydrogens is 130 g/mol. The van der Waals surface area contributed by atoms with Crippen molar-refractivity contribution in [1.29, 1.82) is 0 Å². The van der Waals surface area contributed by atoms with E-state index < -0.39 is 0 Å². The molecule has 1 aromatic rings. The quantitative estimate of drug-likeness (QED) is 0.557. The summed E-state index contributed by atoms with van der Waals surface area (Å²) in [7, 11) is 1.55. The first-order chi connectivity index (χ1) is 4.74. The van der Waals surface area contributed by atoms with E-state index in [2.05, 4.69) is 0 Å². The first-order valence-corrected chi connectivity index (χ1v) is 2.98. The average molecular weight is 139 g/mol. The predicted molar refractivity (Wildman–Crippen MR) is 37.9 cm³/mol. The lowest BCUT2D eigenvalue weighted by Gasteiger charge is -2.05. The topological polar surface area (TPSA) is 31.2 Å². The highest BCUT2D eigenvalue weighted by Crippen LogP contribution is 1.88. The van der Waals surface area contributed by atoms with Gasteiger partial charge >= 0.3 is 0 Å². The van der Waals surface area contributed by atoms with Crippen LogP contribution in [-0.2, 0) is 0 Å². The molecule has 0 spiro atoms. The molecule has 3 nitrogen and oxygen atoms in total. The molecule has 1 heterocycles. The minimum absolute atomic E-state index is 0.00537. The Kier molecular flexibility index (Phi) is 1.76. The number of aromatic nitrogens is 1. The highest BCUT2D eigenvalue weighted by atomic mass is 16.6. The molecule has 0 N–H and O–H groups in total. The minimum Gasteiger partial charge on any atom is -0.417 e. The molecular formula is C7H9NO2. The van der Waals surface area contributed by atoms with Gasteiger partial charge in [0.1, 0.15) is 7.11 Å². The van der Waals surface area contributed by atoms with Crippen LogP contribution < -0.4 is 10.3 Å². The maximum absolute atomic E-state index is 10.7. The van der Waals surface area contributed by atoms with Gasteiger partial charge in [-0.1, -0.05) is 0 Å². The molecule has 0 aliphatic rings. The number of pyridine rings is 1. The lowest BCUT2D eigenvalue weighted by molar-refractivity contribution is 0.159. The van der Waals surface area contributed by atoms with Gasteiger partial charge in [-0.3, -0.25) is 4.79 Å². The first kappa shape index (κ1) is 6.86. The fourth-order valence-corrected chi connectivity index (χ4v) is 0.781. The molecule has 0 fully saturated rings. The fourth-order valence-electron chi connectivity index (χ4n) is 0.781. The Labute approximate surface area is 58.8 Å². The molecule has 54 valence electrons. The summed E-state index contributed by atoms with van der Waals surface area (Å²) in [4.78, 5) is 15.6. The van der Waals surface area contributed by atoms with E-state index in [1.807, 2.05) is 6.92 Å². The standard InChI is InChI=1S/C7H9NO2/c1-6-5-7(9)3-4-8(6)10-2/h3-5H,1-2H3. The summed E-state index contributed by atoms with van der Waals surface area (Å²) in [6.07, 6.45) is 1.59. The van der Waals surface area contributed by atoms with E-state index in [0.717, 1.165) is 5.69 Å². The molecule has 0 atom stereocenters. The van der Waals surface area contributed by atoms with Crippen molar-refractivity contribution in [2.45, 2.75) is 6.92 Å². The summed E-state index contributed by atoms with van der Waals surface area (Å²) in [5, 5.41) is 0. The normalized spacial score (nSPS) is 9.40. The predicted octanol–water partition coefficient (Wildman–Crippen LogP) is 0.215. The zero-order valence-corrected chi connectivity index (χ0v) is 6.00. The molecule has 1 aromatic heterocycles. The second kappa shape index (κ2) is 2.56. The van der Waals surface area contributed by atoms with E-state index in [1.54, 1.807) is 13.3 Å². The van der Waals surface area contributed by atoms with Crippen LogP contribution in [0, 0.1) is 6.92 Å². The minimum atomic E-state index is 0.00537. The van der Waals surface area contributed by atoms with Gasteiger partial charge in [-0.2, -0.15) is 4.73 Å². The molecule has 0 saturated carbocycles. The zero-order valence-electron chi connectivity index (χ0n) is 6.00. The third-order valence-electron chi connectivity index (χ3n) is 1.27. The van der Waals surface area contributed by atoms with Crippen LogP contribution >= 0.6 is 0 Å². The van der Waals surface area contributed by atoms with Gasteiger partial charge in [0, 0.05) is 18.3 Å². The van der Waals surface area contributed by atoms with Crippen LogP contribution in [0.25, 0.3) is 0 Å². The maximum Gasteiger partial charge on any atom is 0.182 e. The summed E-state index contributed by atoms with van der Waals surface area (Å²) in [5.74, 6) is 0. The smallest absolute Gasteiger partial charge is 0.182 e. The summed E-state index contributed by atoms with van der Waals surface area (Å²) >= 11 is 0. The number of nitrogens with zero attached hydrogens (tertiary/aromatic N) is 1. The van der Waals surface area contributed by atoms with Crippen molar-refractivity contribution in [2.75, 3.05) is 7.11 Å². The number of aryl methyl sites for hydroxylation is 1. The van der Waals surface area contributed by atoms with E-state index in [0.29, 0.717) is 0 Å². The van der Waals surface area contributed by atoms with Gasteiger partial charge in [0.05, 0.1) is 5.69 Å². The Hall–Kier alpha value is -1.25. The van der Waals surface area contributed by atoms with Gasteiger partial charge in [0.2, 0.25) is 0 Å². The van der Waals surface area contributed by atoms with E-state index in [-0.39, 0.29) is 5.43 Å². The van der Waals surface area contributed by atoms with Crippen molar-refractivity contribution < 1.29 is 4.84 Å². The third kappa shape index (κ3) is 1.18. The van der Waals surface area contributed by atoms with Crippen molar-refractivity contribution in [3.63, 3.8) is 0 Å². The largest absolute Gasteiger partial charge is 0.417 e. The van der Waals surface area contributed by atoms with Gasteiger partial charge in [-0.25, -0.2) is 0 Å². The van der Waals surface area contributed by atoms with Crippen LogP contribution in [0.1, 0.15) is 5.69 Å². The van der Waals surface area contributed by atoms with E-state index in [1.165, 1.54) is 16.9 Å². The maximum atomic E-state index is 10.7. The second-order valence-corrected chi connectivity index (χ2v) is 2.01. The molecule has 0 aliphatic carbocycles. The molecule has 0 saturated heterocycles. The molecule has 0 amide bonds. The number of hydrogen-bond donors (Lipinski definition) is 0. The van der Waals surface area contributed by atoms with Crippen LogP contribution in [0.2, 0.25) is 0 Å². The lowest BCUT2D eigenvalue weighted by Crippen LogP contribution is -2.13. The average Bonchev–Trinajstić information content (AvgIpc) is 1.88. The van der Waals surface area contributed by atoms with Crippen LogP contribution in [0.5, 0.6) is 0 Å². The molecule has 0 aromatic carbocycles. The molecule has 1 rings (SSSR count). The van der Waals surface area contributed by atoms with E-state index >= 15 is 0 Å². The summed E-state index contributed by atoms with van der Waals surface area (Å²) in [6.45, 7) is 1.81. The van der Waals surface area contributed by atoms with Gasteiger partial charge in [-0.05, 0) is 6.92 Å². The van der Waals surface area contributed by atoms with Gasteiger partial charge < -0.3 is 4.84 Å². The Morgan fingerprint density at radius 2 is 2.30 bits per heavy atom. The lowest BCUT2D eigenvalue weighted by atomic mass is 10.4. The highest BCUT2D eigenvalue weighted by molar-refractivity contribution is 5.02. The third-order valence-corrected chi connectivity index (χ3v) is 1.27. The molecule has 3 heteroatoms. The number of hydrogen-bond acceptors (Lipinski definition) is 2. The zero-order chi connectivity index (χ0) is 7.56. The van der Waals surface area contributed by atoms with Crippen LogP contribution in [0.15, 0.2) is 23.1 Å². The van der Waals surface area contributed by atoms with Gasteiger partial charge in [-0.15, -0.1) is 0 Å². The SMILES string of the molecule is COn1ccc(=O)cc1C. The van der Waals surface area contributed by atoms with Crippen LogP contribution in [0.3, 0.4) is 0 Å². The van der Waals surface area contributed by atoms with Crippen molar-refractivity contribution >= 4 is 0 Å². The Bertz CT molecular complexity index is 277. The molecule has 0 bridgehead atoms. The Morgan fingerprint density at radius 1 is 1.60 bits per heavy atom. The van der Waals surface area contributed by atoms with Crippen LogP contribution in [0.4, 0.5) is 0 Å². The Morgan fingerprint density at radius 3 is 2.80 bits per heavy atom. The Balaban J connectivity index is 3.19. The summed E-state index contributed by atoms with van der Waals surface area (Å²) in [6, 6.07) is 2.97. The van der Waals surface area contributed by atoms with Gasteiger partial charge in [0.15, 0.2) is 5.43 Å². The van der Waals surface area contributed by atoms with Crippen molar-refractivity contribution in [3.8, 4) is 0 Å². The molecule has 0 aliphatic heterocycles. The molecule has 0 radical (unpaired) electrons. The molecule has 10 heavy (non-hydrogen) atoms. The second-order valence-electron chi connectivity index (χ2n) is 2.01. The summed E-state index contributed by atoms with van der Waals surface area (Å²) < 4.78 is 1.53. The first-order valence-electron chi connectivity index (χ1n) is 2.98. The monoisotopic (exact) mass is 139 g/mol.